The molecule has 0 aliphatic rings. The maximum absolute atomic E-state index is 12.5. The second-order valence-corrected chi connectivity index (χ2v) is 8.10. The van der Waals surface area contributed by atoms with Crippen molar-refractivity contribution in [2.24, 2.45) is 0 Å². The van der Waals surface area contributed by atoms with Crippen LogP contribution in [0.3, 0.4) is 0 Å². The average molecular weight is 494 g/mol. The van der Waals surface area contributed by atoms with E-state index in [0.29, 0.717) is 45.6 Å². The van der Waals surface area contributed by atoms with Crippen LogP contribution in [0, 0.1) is 0 Å². The molecule has 0 heterocycles. The lowest BCUT2D eigenvalue weighted by Crippen LogP contribution is -2.26. The normalized spacial score (nSPS) is 11.4. The third-order valence-electron chi connectivity index (χ3n) is 4.56. The largest absolute Gasteiger partial charge is 0.496 e. The van der Waals surface area contributed by atoms with Gasteiger partial charge in [-0.05, 0) is 12.2 Å². The fourth-order valence-corrected chi connectivity index (χ4v) is 3.65. The van der Waals surface area contributed by atoms with Crippen molar-refractivity contribution in [3.63, 3.8) is 0 Å². The van der Waals surface area contributed by atoms with Crippen LogP contribution in [0.15, 0.2) is 35.7 Å². The molecular formula is C23H27NO9S. The first-order valence-electron chi connectivity index (χ1n) is 9.74. The fourth-order valence-electron chi connectivity index (χ4n) is 2.92. The van der Waals surface area contributed by atoms with Crippen LogP contribution in [0.4, 0.5) is 0 Å². The average Bonchev–Trinajstić information content (AvgIpc) is 2.84. The molecule has 0 saturated carbocycles. The number of ether oxygens (including phenoxy) is 6. The predicted molar refractivity (Wildman–Crippen MR) is 127 cm³/mol. The van der Waals surface area contributed by atoms with Crippen LogP contribution in [0.2, 0.25) is 0 Å². The van der Waals surface area contributed by atoms with E-state index in [0.717, 1.165) is 11.5 Å². The Labute approximate surface area is 198 Å². The minimum Gasteiger partial charge on any atom is -0.496 e. The number of nitrogens with one attached hydrogen (secondary N) is 1. The number of hydrogen-bond donors (Lipinski definition) is 1. The Bertz CT molecular complexity index is 1140. The highest BCUT2D eigenvalue weighted by atomic mass is 32.2. The second-order valence-electron chi connectivity index (χ2n) is 6.54. The van der Waals surface area contributed by atoms with Gasteiger partial charge in [-0.1, -0.05) is 0 Å². The molecule has 0 bridgehead atoms. The van der Waals surface area contributed by atoms with Crippen LogP contribution in [0.5, 0.6) is 34.5 Å². The lowest BCUT2D eigenvalue weighted by atomic mass is 10.1. The zero-order valence-corrected chi connectivity index (χ0v) is 20.5. The molecular weight excluding hydrogens is 466 g/mol. The van der Waals surface area contributed by atoms with Gasteiger partial charge in [-0.2, -0.15) is 0 Å². The van der Waals surface area contributed by atoms with Crippen LogP contribution in [0.1, 0.15) is 11.1 Å². The van der Waals surface area contributed by atoms with Crippen molar-refractivity contribution >= 4 is 28.1 Å². The van der Waals surface area contributed by atoms with Crippen molar-refractivity contribution in [1.29, 1.82) is 0 Å². The summed E-state index contributed by atoms with van der Waals surface area (Å²) in [4.78, 5) is 12.3. The number of sulfonamides is 1. The summed E-state index contributed by atoms with van der Waals surface area (Å²) in [5.74, 6) is 1.49. The Morgan fingerprint density at radius 1 is 0.676 bits per heavy atom. The minimum absolute atomic E-state index is 0.326. The van der Waals surface area contributed by atoms with Crippen LogP contribution in [0.25, 0.3) is 12.2 Å². The lowest BCUT2D eigenvalue weighted by molar-refractivity contribution is -0.114. The molecule has 11 heteroatoms. The van der Waals surface area contributed by atoms with Gasteiger partial charge in [-0.25, -0.2) is 13.1 Å². The molecule has 0 aliphatic carbocycles. The number of hydrogen-bond acceptors (Lipinski definition) is 9. The van der Waals surface area contributed by atoms with Gasteiger partial charge < -0.3 is 28.4 Å². The summed E-state index contributed by atoms with van der Waals surface area (Å²) in [5, 5.41) is 0.833. The SMILES string of the molecule is COc1cc(OC)c(/C=C\S(=O)(=O)NC(=O)/C=C/c2c(OC)cc(OC)cc2OC)c(OC)c1. The van der Waals surface area contributed by atoms with Gasteiger partial charge in [0.2, 0.25) is 0 Å². The predicted octanol–water partition coefficient (Wildman–Crippen LogP) is 2.87. The van der Waals surface area contributed by atoms with Crippen molar-refractivity contribution in [1.82, 2.24) is 4.72 Å². The van der Waals surface area contributed by atoms with Gasteiger partial charge in [-0.15, -0.1) is 0 Å². The Morgan fingerprint density at radius 3 is 1.41 bits per heavy atom. The van der Waals surface area contributed by atoms with Crippen LogP contribution in [-0.4, -0.2) is 57.0 Å². The Kier molecular flexibility index (Phi) is 9.19. The summed E-state index contributed by atoms with van der Waals surface area (Å²) >= 11 is 0. The first kappa shape index (κ1) is 26.4. The number of rotatable bonds is 11. The van der Waals surface area contributed by atoms with Gasteiger partial charge in [0.15, 0.2) is 0 Å². The molecule has 0 saturated heterocycles. The van der Waals surface area contributed by atoms with E-state index in [1.54, 1.807) is 24.3 Å². The van der Waals surface area contributed by atoms with Crippen molar-refractivity contribution in [3.05, 3.63) is 46.9 Å². The molecule has 0 radical (unpaired) electrons. The van der Waals surface area contributed by atoms with E-state index in [4.69, 9.17) is 28.4 Å². The van der Waals surface area contributed by atoms with Crippen LogP contribution in [-0.2, 0) is 14.8 Å². The standard InChI is InChI=1S/C23H27NO9S/c1-28-15-11-19(30-3)17(20(12-15)31-4)7-8-23(25)24-34(26,27)10-9-18-21(32-5)13-16(29-2)14-22(18)33-6/h7-14H,1-6H3,(H,24,25)/b8-7+,10-9-. The smallest absolute Gasteiger partial charge is 0.257 e. The highest BCUT2D eigenvalue weighted by Crippen LogP contribution is 2.36. The monoisotopic (exact) mass is 493 g/mol. The van der Waals surface area contributed by atoms with E-state index >= 15 is 0 Å². The summed E-state index contributed by atoms with van der Waals surface area (Å²) in [6.45, 7) is 0. The van der Waals surface area contributed by atoms with E-state index in [1.165, 1.54) is 54.8 Å². The van der Waals surface area contributed by atoms with E-state index in [2.05, 4.69) is 0 Å². The summed E-state index contributed by atoms with van der Waals surface area (Å²) in [6, 6.07) is 6.36. The number of amides is 1. The molecule has 2 rings (SSSR count). The molecule has 1 amide bonds. The molecule has 2 aromatic carbocycles. The number of carbonyl (C=O) groups excluding carboxylic acids is 1. The molecule has 2 aromatic rings. The molecule has 0 aliphatic heterocycles. The van der Waals surface area contributed by atoms with Crippen molar-refractivity contribution in [2.75, 3.05) is 42.7 Å². The van der Waals surface area contributed by atoms with Crippen LogP contribution >= 0.6 is 0 Å². The summed E-state index contributed by atoms with van der Waals surface area (Å²) in [5.41, 5.74) is 0.786. The molecule has 0 atom stereocenters. The van der Waals surface area contributed by atoms with Gasteiger partial charge in [-0.3, -0.25) is 4.79 Å². The van der Waals surface area contributed by atoms with Crippen molar-refractivity contribution in [3.8, 4) is 34.5 Å². The summed E-state index contributed by atoms with van der Waals surface area (Å²) < 4.78 is 58.4. The van der Waals surface area contributed by atoms with E-state index in [1.807, 2.05) is 4.72 Å². The van der Waals surface area contributed by atoms with E-state index in [-0.39, 0.29) is 0 Å². The molecule has 1 N–H and O–H groups in total. The summed E-state index contributed by atoms with van der Waals surface area (Å²) in [6.07, 6.45) is 3.68. The fraction of sp³-hybridized carbons (Fsp3) is 0.261. The van der Waals surface area contributed by atoms with E-state index < -0.39 is 15.9 Å². The lowest BCUT2D eigenvalue weighted by Gasteiger charge is -2.12. The topological polar surface area (TPSA) is 119 Å². The van der Waals surface area contributed by atoms with Gasteiger partial charge in [0.1, 0.15) is 34.5 Å². The maximum atomic E-state index is 12.5. The first-order chi connectivity index (χ1) is 16.2. The highest BCUT2D eigenvalue weighted by molar-refractivity contribution is 7.93. The minimum atomic E-state index is -4.15. The number of carbonyl (C=O) groups is 1. The van der Waals surface area contributed by atoms with Gasteiger partial charge in [0.05, 0.1) is 59.2 Å². The molecule has 34 heavy (non-hydrogen) atoms. The third-order valence-corrected chi connectivity index (χ3v) is 5.54. The quantitative estimate of drug-likeness (QED) is 0.471. The van der Waals surface area contributed by atoms with E-state index in [9.17, 15) is 13.2 Å². The molecule has 0 fully saturated rings. The Balaban J connectivity index is 2.27. The molecule has 184 valence electrons. The molecule has 0 aromatic heterocycles. The highest BCUT2D eigenvalue weighted by Gasteiger charge is 2.15. The van der Waals surface area contributed by atoms with Crippen LogP contribution < -0.4 is 33.1 Å². The van der Waals surface area contributed by atoms with Crippen molar-refractivity contribution in [2.45, 2.75) is 0 Å². The molecule has 10 nitrogen and oxygen atoms in total. The molecule has 0 spiro atoms. The first-order valence-corrected chi connectivity index (χ1v) is 11.3. The number of benzene rings is 2. The third kappa shape index (κ3) is 6.58. The van der Waals surface area contributed by atoms with Crippen molar-refractivity contribution < 1.29 is 41.6 Å². The zero-order chi connectivity index (χ0) is 25.3. The summed E-state index contributed by atoms with van der Waals surface area (Å²) in [7, 11) is 4.57. The molecule has 0 unspecified atom stereocenters. The van der Waals surface area contributed by atoms with Gasteiger partial charge in [0, 0.05) is 30.3 Å². The Hall–Kier alpha value is -3.86. The van der Waals surface area contributed by atoms with Gasteiger partial charge in [0.25, 0.3) is 15.9 Å². The second kappa shape index (κ2) is 11.8. The van der Waals surface area contributed by atoms with Gasteiger partial charge >= 0.3 is 0 Å². The Morgan fingerprint density at radius 2 is 1.06 bits per heavy atom. The maximum Gasteiger partial charge on any atom is 0.257 e. The zero-order valence-electron chi connectivity index (χ0n) is 19.7. The number of methoxy groups -OCH3 is 6.